The number of benzene rings is 3. The van der Waals surface area contributed by atoms with E-state index in [1.807, 2.05) is 61.5 Å². The summed E-state index contributed by atoms with van der Waals surface area (Å²) < 4.78 is 5.93. The maximum atomic E-state index is 12.2. The molecule has 3 aromatic carbocycles. The van der Waals surface area contributed by atoms with Crippen LogP contribution in [0.3, 0.4) is 0 Å². The third-order valence-corrected chi connectivity index (χ3v) is 7.33. The largest absolute Gasteiger partial charge is 0.485 e. The van der Waals surface area contributed by atoms with E-state index >= 15 is 0 Å². The molecule has 200 valence electrons. The van der Waals surface area contributed by atoms with Crippen LogP contribution >= 0.6 is 0 Å². The monoisotopic (exact) mass is 522 g/mol. The van der Waals surface area contributed by atoms with E-state index < -0.39 is 5.91 Å². The normalized spacial score (nSPS) is 13.8. The Bertz CT molecular complexity index is 1400. The third kappa shape index (κ3) is 6.44. The molecule has 5 rings (SSSR count). The second-order valence-electron chi connectivity index (χ2n) is 10.1. The Labute approximate surface area is 229 Å². The van der Waals surface area contributed by atoms with Gasteiger partial charge in [0.05, 0.1) is 12.3 Å². The van der Waals surface area contributed by atoms with Gasteiger partial charge in [-0.05, 0) is 60.1 Å². The minimum atomic E-state index is -0.604. The average Bonchev–Trinajstić information content (AvgIpc) is 2.97. The summed E-state index contributed by atoms with van der Waals surface area (Å²) in [4.78, 5) is 23.8. The van der Waals surface area contributed by atoms with Crippen molar-refractivity contribution in [2.24, 2.45) is 11.7 Å². The predicted molar refractivity (Wildman–Crippen MR) is 153 cm³/mol. The number of aliphatic hydroxyl groups is 1. The van der Waals surface area contributed by atoms with Gasteiger partial charge in [-0.2, -0.15) is 0 Å². The van der Waals surface area contributed by atoms with Crippen molar-refractivity contribution < 1.29 is 14.6 Å². The number of anilines is 1. The molecule has 0 spiro atoms. The zero-order valence-electron chi connectivity index (χ0n) is 22.2. The van der Waals surface area contributed by atoms with Crippen LogP contribution in [0.1, 0.15) is 46.0 Å². The van der Waals surface area contributed by atoms with Gasteiger partial charge in [-0.1, -0.05) is 66.7 Å². The predicted octanol–water partition coefficient (Wildman–Crippen LogP) is 5.08. The van der Waals surface area contributed by atoms with Crippen molar-refractivity contribution in [2.75, 3.05) is 18.0 Å². The second kappa shape index (κ2) is 12.1. The zero-order chi connectivity index (χ0) is 27.2. The maximum Gasteiger partial charge on any atom is 0.271 e. The number of piperidine rings is 1. The molecule has 4 aromatic rings. The highest BCUT2D eigenvalue weighted by Gasteiger charge is 2.23. The number of amides is 1. The number of aliphatic hydroxyl groups excluding tert-OH is 1. The molecule has 0 atom stereocenters. The number of primary amides is 1. The average molecular weight is 523 g/mol. The molecule has 0 saturated carbocycles. The number of nitrogens with two attached hydrogens (primary N) is 1. The number of rotatable bonds is 9. The summed E-state index contributed by atoms with van der Waals surface area (Å²) in [6, 6.07) is 26.4. The summed E-state index contributed by atoms with van der Waals surface area (Å²) >= 11 is 0. The molecule has 1 amide bonds. The Kier molecular flexibility index (Phi) is 8.18. The van der Waals surface area contributed by atoms with Crippen LogP contribution in [-0.2, 0) is 19.6 Å². The van der Waals surface area contributed by atoms with E-state index in [0.717, 1.165) is 48.2 Å². The third-order valence-electron chi connectivity index (χ3n) is 7.33. The van der Waals surface area contributed by atoms with Gasteiger partial charge in [-0.3, -0.25) is 4.79 Å². The molecule has 1 aliphatic rings. The fourth-order valence-corrected chi connectivity index (χ4v) is 5.10. The van der Waals surface area contributed by atoms with Crippen LogP contribution in [0.15, 0.2) is 78.9 Å². The highest BCUT2D eigenvalue weighted by atomic mass is 16.5. The fourth-order valence-electron chi connectivity index (χ4n) is 5.10. The van der Waals surface area contributed by atoms with Gasteiger partial charge in [0.1, 0.15) is 12.4 Å². The van der Waals surface area contributed by atoms with Crippen molar-refractivity contribution in [2.45, 2.75) is 39.4 Å². The van der Waals surface area contributed by atoms with Crippen LogP contribution in [0.2, 0.25) is 0 Å². The van der Waals surface area contributed by atoms with Crippen LogP contribution in [-0.4, -0.2) is 34.1 Å². The van der Waals surface area contributed by atoms with Crippen molar-refractivity contribution in [3.63, 3.8) is 0 Å². The molecule has 0 aliphatic carbocycles. The first kappa shape index (κ1) is 26.4. The summed E-state index contributed by atoms with van der Waals surface area (Å²) in [5.41, 5.74) is 11.9. The van der Waals surface area contributed by atoms with Crippen molar-refractivity contribution in [1.29, 1.82) is 0 Å². The molecule has 7 nitrogen and oxygen atoms in total. The quantitative estimate of drug-likeness (QED) is 0.318. The number of ether oxygens (including phenoxy) is 1. The van der Waals surface area contributed by atoms with Crippen molar-refractivity contribution in [3.05, 3.63) is 107 Å². The smallest absolute Gasteiger partial charge is 0.271 e. The Hall–Kier alpha value is -4.23. The van der Waals surface area contributed by atoms with Crippen molar-refractivity contribution in [3.8, 4) is 16.9 Å². The highest BCUT2D eigenvalue weighted by Crippen LogP contribution is 2.29. The van der Waals surface area contributed by atoms with Crippen LogP contribution in [0, 0.1) is 12.8 Å². The number of carbonyl (C=O) groups is 1. The minimum absolute atomic E-state index is 0.0572. The summed E-state index contributed by atoms with van der Waals surface area (Å²) in [5.74, 6) is 0.829. The van der Waals surface area contributed by atoms with Crippen molar-refractivity contribution in [1.82, 2.24) is 9.97 Å². The van der Waals surface area contributed by atoms with E-state index in [2.05, 4.69) is 39.1 Å². The van der Waals surface area contributed by atoms with E-state index in [4.69, 9.17) is 10.5 Å². The Morgan fingerprint density at radius 1 is 0.923 bits per heavy atom. The molecule has 2 heterocycles. The SMILES string of the molecule is Cc1nc(CC2CCN(c3ccc(-c4ccc(CO)cc4)cc3)CC2)nc(C(N)=O)c1OCc1ccccc1. The first-order chi connectivity index (χ1) is 19.0. The molecular weight excluding hydrogens is 488 g/mol. The van der Waals surface area contributed by atoms with E-state index in [9.17, 15) is 9.90 Å². The van der Waals surface area contributed by atoms with Gasteiger partial charge in [0.25, 0.3) is 5.91 Å². The molecule has 1 aromatic heterocycles. The number of hydrogen-bond acceptors (Lipinski definition) is 6. The molecule has 1 aliphatic heterocycles. The zero-order valence-corrected chi connectivity index (χ0v) is 22.2. The van der Waals surface area contributed by atoms with Gasteiger partial charge in [0, 0.05) is 25.2 Å². The lowest BCUT2D eigenvalue weighted by Gasteiger charge is -2.33. The highest BCUT2D eigenvalue weighted by molar-refractivity contribution is 5.93. The summed E-state index contributed by atoms with van der Waals surface area (Å²) in [7, 11) is 0. The van der Waals surface area contributed by atoms with Gasteiger partial charge >= 0.3 is 0 Å². The number of aromatic nitrogens is 2. The first-order valence-electron chi connectivity index (χ1n) is 13.4. The van der Waals surface area contributed by atoms with Gasteiger partial charge in [0.15, 0.2) is 11.4 Å². The molecule has 7 heteroatoms. The van der Waals surface area contributed by atoms with Gasteiger partial charge in [-0.25, -0.2) is 9.97 Å². The lowest BCUT2D eigenvalue weighted by molar-refractivity contribution is 0.0989. The number of carbonyl (C=O) groups excluding carboxylic acids is 1. The first-order valence-corrected chi connectivity index (χ1v) is 13.4. The van der Waals surface area contributed by atoms with Gasteiger partial charge < -0.3 is 20.5 Å². The summed E-state index contributed by atoms with van der Waals surface area (Å²) in [6.45, 7) is 4.12. The van der Waals surface area contributed by atoms with Crippen LogP contribution in [0.5, 0.6) is 5.75 Å². The Morgan fingerprint density at radius 3 is 2.18 bits per heavy atom. The fraction of sp³-hybridized carbons (Fsp3) is 0.281. The number of hydrogen-bond donors (Lipinski definition) is 2. The van der Waals surface area contributed by atoms with E-state index in [1.54, 1.807) is 0 Å². The molecule has 1 fully saturated rings. The van der Waals surface area contributed by atoms with Gasteiger partial charge in [0.2, 0.25) is 0 Å². The Balaban J connectivity index is 1.19. The van der Waals surface area contributed by atoms with E-state index in [1.165, 1.54) is 5.69 Å². The molecule has 39 heavy (non-hydrogen) atoms. The molecule has 0 unspecified atom stereocenters. The lowest BCUT2D eigenvalue weighted by Crippen LogP contribution is -2.34. The van der Waals surface area contributed by atoms with Crippen LogP contribution in [0.4, 0.5) is 5.69 Å². The number of nitrogens with zero attached hydrogens (tertiary/aromatic N) is 3. The molecular formula is C32H34N4O3. The molecule has 1 saturated heterocycles. The Morgan fingerprint density at radius 2 is 1.56 bits per heavy atom. The molecule has 0 radical (unpaired) electrons. The second-order valence-corrected chi connectivity index (χ2v) is 10.1. The summed E-state index contributed by atoms with van der Waals surface area (Å²) in [6.07, 6.45) is 2.74. The standard InChI is InChI=1S/C32H34N4O3/c1-22-31(39-21-25-5-3-2-4-6-25)30(32(33)38)35-29(34-22)19-23-15-17-36(18-16-23)28-13-11-27(12-14-28)26-9-7-24(20-37)8-10-26/h2-14,23,37H,15-21H2,1H3,(H2,33,38). The van der Waals surface area contributed by atoms with Gasteiger partial charge in [-0.15, -0.1) is 0 Å². The van der Waals surface area contributed by atoms with E-state index in [0.29, 0.717) is 36.2 Å². The topological polar surface area (TPSA) is 102 Å². The number of aryl methyl sites for hydroxylation is 1. The maximum absolute atomic E-state index is 12.2. The molecule has 3 N–H and O–H groups in total. The van der Waals surface area contributed by atoms with Crippen molar-refractivity contribution >= 4 is 11.6 Å². The van der Waals surface area contributed by atoms with Crippen LogP contribution < -0.4 is 15.4 Å². The van der Waals surface area contributed by atoms with Crippen LogP contribution in [0.25, 0.3) is 11.1 Å². The lowest BCUT2D eigenvalue weighted by atomic mass is 9.92. The minimum Gasteiger partial charge on any atom is -0.485 e. The molecule has 0 bridgehead atoms. The van der Waals surface area contributed by atoms with E-state index in [-0.39, 0.29) is 12.3 Å². The summed E-state index contributed by atoms with van der Waals surface area (Å²) in [5, 5.41) is 9.26.